The number of benzene rings is 2. The molecule has 1 saturated heterocycles. The van der Waals surface area contributed by atoms with Gasteiger partial charge in [-0.05, 0) is 55.7 Å². The molecule has 0 bridgehead atoms. The van der Waals surface area contributed by atoms with E-state index < -0.39 is 0 Å². The van der Waals surface area contributed by atoms with E-state index in [1.807, 2.05) is 32.0 Å². The summed E-state index contributed by atoms with van der Waals surface area (Å²) in [6.07, 6.45) is 0.237. The Kier molecular flexibility index (Phi) is 6.29. The van der Waals surface area contributed by atoms with E-state index in [1.165, 1.54) is 17.7 Å². The molecule has 0 aliphatic carbocycles. The molecule has 1 N–H and O–H groups in total. The first-order chi connectivity index (χ1) is 13.0. The molecule has 5 nitrogen and oxygen atoms in total. The molecule has 1 aliphatic rings. The molecule has 0 unspecified atom stereocenters. The van der Waals surface area contributed by atoms with E-state index in [0.717, 1.165) is 5.56 Å². The molecule has 3 rings (SSSR count). The van der Waals surface area contributed by atoms with Crippen LogP contribution in [0.15, 0.2) is 42.5 Å². The molecular formula is C21H24FNO4. The number of nitrogens with one attached hydrogen (secondary N) is 1. The molecule has 1 aliphatic heterocycles. The Morgan fingerprint density at radius 2 is 2.04 bits per heavy atom. The summed E-state index contributed by atoms with van der Waals surface area (Å²) in [7, 11) is 0. The largest absolute Gasteiger partial charge is 0.486 e. The van der Waals surface area contributed by atoms with Crippen LogP contribution in [0.2, 0.25) is 0 Å². The average molecular weight is 373 g/mol. The third kappa shape index (κ3) is 5.44. The lowest BCUT2D eigenvalue weighted by atomic mass is 10.1. The van der Waals surface area contributed by atoms with Gasteiger partial charge in [-0.1, -0.05) is 12.1 Å². The number of carbonyl (C=O) groups is 1. The Morgan fingerprint density at radius 3 is 2.81 bits per heavy atom. The number of carbonyl (C=O) groups excluding carboxylic acids is 1. The van der Waals surface area contributed by atoms with Crippen molar-refractivity contribution in [3.8, 4) is 11.5 Å². The Hall–Kier alpha value is -2.60. The maximum Gasteiger partial charge on any atom is 0.258 e. The minimum absolute atomic E-state index is 0.0768. The second-order valence-corrected chi connectivity index (χ2v) is 6.69. The first kappa shape index (κ1) is 19.2. The molecule has 144 valence electrons. The normalized spacial score (nSPS) is 19.4. The summed E-state index contributed by atoms with van der Waals surface area (Å²) in [5.41, 5.74) is 2.28. The van der Waals surface area contributed by atoms with E-state index in [0.29, 0.717) is 31.1 Å². The van der Waals surface area contributed by atoms with Crippen LogP contribution in [-0.2, 0) is 9.53 Å². The number of amides is 1. The molecule has 27 heavy (non-hydrogen) atoms. The van der Waals surface area contributed by atoms with Crippen molar-refractivity contribution >= 4 is 5.91 Å². The highest BCUT2D eigenvalue weighted by Gasteiger charge is 2.29. The average Bonchev–Trinajstić information content (AvgIpc) is 2.64. The van der Waals surface area contributed by atoms with Gasteiger partial charge in [-0.15, -0.1) is 0 Å². The van der Waals surface area contributed by atoms with Crippen molar-refractivity contribution in [2.24, 2.45) is 0 Å². The highest BCUT2D eigenvalue weighted by Crippen LogP contribution is 2.19. The van der Waals surface area contributed by atoms with Gasteiger partial charge in [0, 0.05) is 12.7 Å². The van der Waals surface area contributed by atoms with Gasteiger partial charge in [0.1, 0.15) is 23.4 Å². The van der Waals surface area contributed by atoms with Crippen molar-refractivity contribution in [2.45, 2.75) is 32.4 Å². The topological polar surface area (TPSA) is 56.8 Å². The minimum Gasteiger partial charge on any atom is -0.486 e. The standard InChI is InChI=1S/C21H24FNO4/c1-14-6-7-17(10-15(14)2)26-13-21(24)23-19-8-9-25-12-20(19)27-18-5-3-4-16(22)11-18/h3-7,10-11,19-20H,8-9,12-13H2,1-2H3,(H,23,24)/t19-,20-/m1/s1. The molecule has 2 aromatic carbocycles. The summed E-state index contributed by atoms with van der Waals surface area (Å²) in [5.74, 6) is 0.475. The van der Waals surface area contributed by atoms with Crippen LogP contribution in [0.3, 0.4) is 0 Å². The first-order valence-corrected chi connectivity index (χ1v) is 9.00. The number of hydrogen-bond acceptors (Lipinski definition) is 4. The molecule has 1 amide bonds. The van der Waals surface area contributed by atoms with E-state index in [1.54, 1.807) is 12.1 Å². The van der Waals surface area contributed by atoms with Crippen molar-refractivity contribution in [2.75, 3.05) is 19.8 Å². The summed E-state index contributed by atoms with van der Waals surface area (Å²) in [6, 6.07) is 11.4. The van der Waals surface area contributed by atoms with Gasteiger partial charge in [0.25, 0.3) is 5.91 Å². The molecule has 1 heterocycles. The zero-order chi connectivity index (χ0) is 19.2. The highest BCUT2D eigenvalue weighted by atomic mass is 19.1. The predicted molar refractivity (Wildman–Crippen MR) is 99.6 cm³/mol. The third-order valence-electron chi connectivity index (χ3n) is 4.58. The van der Waals surface area contributed by atoms with Crippen LogP contribution in [0.25, 0.3) is 0 Å². The van der Waals surface area contributed by atoms with Gasteiger partial charge in [0.15, 0.2) is 6.61 Å². The summed E-state index contributed by atoms with van der Waals surface area (Å²) >= 11 is 0. The molecule has 0 aromatic heterocycles. The zero-order valence-corrected chi connectivity index (χ0v) is 15.5. The van der Waals surface area contributed by atoms with Gasteiger partial charge >= 0.3 is 0 Å². The summed E-state index contributed by atoms with van der Waals surface area (Å²) < 4.78 is 30.2. The van der Waals surface area contributed by atoms with Crippen molar-refractivity contribution in [1.29, 1.82) is 0 Å². The number of rotatable bonds is 6. The Bertz CT molecular complexity index is 796. The minimum atomic E-state index is -0.383. The maximum atomic E-state index is 13.3. The SMILES string of the molecule is Cc1ccc(OCC(=O)N[C@@H]2CCOC[C@H]2Oc2cccc(F)c2)cc1C. The van der Waals surface area contributed by atoms with Crippen LogP contribution in [0.1, 0.15) is 17.5 Å². The van der Waals surface area contributed by atoms with E-state index in [-0.39, 0.29) is 30.5 Å². The highest BCUT2D eigenvalue weighted by molar-refractivity contribution is 5.78. The predicted octanol–water partition coefficient (Wildman–Crippen LogP) is 3.17. The summed E-state index contributed by atoms with van der Waals surface area (Å²) in [6.45, 7) is 4.81. The Labute approximate surface area is 158 Å². The van der Waals surface area contributed by atoms with Crippen molar-refractivity contribution in [1.82, 2.24) is 5.32 Å². The molecule has 6 heteroatoms. The fourth-order valence-electron chi connectivity index (χ4n) is 2.91. The number of aryl methyl sites for hydroxylation is 2. The quantitative estimate of drug-likeness (QED) is 0.845. The molecule has 1 fully saturated rings. The monoisotopic (exact) mass is 373 g/mol. The van der Waals surface area contributed by atoms with Gasteiger partial charge in [0.05, 0.1) is 12.6 Å². The fraction of sp³-hybridized carbons (Fsp3) is 0.381. The lowest BCUT2D eigenvalue weighted by Gasteiger charge is -2.32. The van der Waals surface area contributed by atoms with Crippen molar-refractivity contribution < 1.29 is 23.4 Å². The molecular weight excluding hydrogens is 349 g/mol. The maximum absolute atomic E-state index is 13.3. The van der Waals surface area contributed by atoms with Crippen LogP contribution in [0.4, 0.5) is 4.39 Å². The molecule has 0 saturated carbocycles. The van der Waals surface area contributed by atoms with E-state index >= 15 is 0 Å². The summed E-state index contributed by atoms with van der Waals surface area (Å²) in [4.78, 5) is 12.3. The molecule has 2 aromatic rings. The number of hydrogen-bond donors (Lipinski definition) is 1. The van der Waals surface area contributed by atoms with E-state index in [9.17, 15) is 9.18 Å². The van der Waals surface area contributed by atoms with E-state index in [4.69, 9.17) is 14.2 Å². The Morgan fingerprint density at radius 1 is 1.19 bits per heavy atom. The first-order valence-electron chi connectivity index (χ1n) is 9.00. The van der Waals surface area contributed by atoms with Gasteiger partial charge in [-0.2, -0.15) is 0 Å². The third-order valence-corrected chi connectivity index (χ3v) is 4.58. The fourth-order valence-corrected chi connectivity index (χ4v) is 2.91. The summed E-state index contributed by atoms with van der Waals surface area (Å²) in [5, 5.41) is 2.94. The lowest BCUT2D eigenvalue weighted by molar-refractivity contribution is -0.126. The lowest BCUT2D eigenvalue weighted by Crippen LogP contribution is -2.52. The molecule has 0 radical (unpaired) electrons. The second kappa shape index (κ2) is 8.86. The van der Waals surface area contributed by atoms with E-state index in [2.05, 4.69) is 5.32 Å². The number of halogens is 1. The van der Waals surface area contributed by atoms with Crippen molar-refractivity contribution in [3.05, 3.63) is 59.4 Å². The molecule has 0 spiro atoms. The van der Waals surface area contributed by atoms with Crippen LogP contribution < -0.4 is 14.8 Å². The zero-order valence-electron chi connectivity index (χ0n) is 15.5. The Balaban J connectivity index is 1.55. The van der Waals surface area contributed by atoms with Crippen molar-refractivity contribution in [3.63, 3.8) is 0 Å². The van der Waals surface area contributed by atoms with Crippen LogP contribution in [-0.4, -0.2) is 37.9 Å². The van der Waals surface area contributed by atoms with Gasteiger partial charge in [0.2, 0.25) is 0 Å². The molecule has 2 atom stereocenters. The second-order valence-electron chi connectivity index (χ2n) is 6.69. The van der Waals surface area contributed by atoms with Crippen LogP contribution >= 0.6 is 0 Å². The van der Waals surface area contributed by atoms with Crippen LogP contribution in [0, 0.1) is 19.7 Å². The smallest absolute Gasteiger partial charge is 0.258 e. The van der Waals surface area contributed by atoms with Gasteiger partial charge in [-0.3, -0.25) is 4.79 Å². The number of ether oxygens (including phenoxy) is 3. The van der Waals surface area contributed by atoms with Gasteiger partial charge in [-0.25, -0.2) is 4.39 Å². The van der Waals surface area contributed by atoms with Gasteiger partial charge < -0.3 is 19.5 Å². The van der Waals surface area contributed by atoms with Crippen LogP contribution in [0.5, 0.6) is 11.5 Å².